The average molecular weight is 339 g/mol. The van der Waals surface area contributed by atoms with E-state index >= 15 is 0 Å². The predicted octanol–water partition coefficient (Wildman–Crippen LogP) is 2.43. The third-order valence-corrected chi connectivity index (χ3v) is 5.57. The molecule has 0 saturated carbocycles. The highest BCUT2D eigenvalue weighted by atomic mass is 16.2. The fourth-order valence-electron chi connectivity index (χ4n) is 4.09. The van der Waals surface area contributed by atoms with Crippen LogP contribution in [0.1, 0.15) is 36.3 Å². The first-order valence-corrected chi connectivity index (χ1v) is 9.22. The minimum absolute atomic E-state index is 0.0867. The van der Waals surface area contributed by atoms with Crippen molar-refractivity contribution in [1.82, 2.24) is 25.0 Å². The second-order valence-electron chi connectivity index (χ2n) is 7.17. The van der Waals surface area contributed by atoms with Gasteiger partial charge in [-0.1, -0.05) is 24.3 Å². The van der Waals surface area contributed by atoms with Crippen molar-refractivity contribution in [1.29, 1.82) is 0 Å². The maximum atomic E-state index is 12.5. The number of likely N-dealkylation sites (tertiary alicyclic amines) is 1. The van der Waals surface area contributed by atoms with Crippen LogP contribution in [0.2, 0.25) is 0 Å². The Morgan fingerprint density at radius 1 is 1.20 bits per heavy atom. The number of piperidine rings is 1. The lowest BCUT2D eigenvalue weighted by molar-refractivity contribution is 0.163. The van der Waals surface area contributed by atoms with Crippen LogP contribution in [0.25, 0.3) is 0 Å². The number of carbonyl (C=O) groups is 1. The number of rotatable bonds is 4. The van der Waals surface area contributed by atoms with E-state index < -0.39 is 0 Å². The summed E-state index contributed by atoms with van der Waals surface area (Å²) in [7, 11) is 0. The highest BCUT2D eigenvalue weighted by molar-refractivity contribution is 5.74. The number of aryl methyl sites for hydroxylation is 1. The summed E-state index contributed by atoms with van der Waals surface area (Å²) in [5.41, 5.74) is 2.85. The molecule has 132 valence electrons. The van der Waals surface area contributed by atoms with Crippen LogP contribution in [-0.2, 0) is 13.0 Å². The highest BCUT2D eigenvalue weighted by Gasteiger charge is 2.26. The third kappa shape index (κ3) is 3.67. The van der Waals surface area contributed by atoms with Gasteiger partial charge >= 0.3 is 6.03 Å². The molecule has 1 aromatic heterocycles. The predicted molar refractivity (Wildman–Crippen MR) is 95.2 cm³/mol. The Morgan fingerprint density at radius 2 is 2.04 bits per heavy atom. The first kappa shape index (κ1) is 16.1. The van der Waals surface area contributed by atoms with Crippen LogP contribution in [-0.4, -0.2) is 45.3 Å². The quantitative estimate of drug-likeness (QED) is 0.930. The van der Waals surface area contributed by atoms with Gasteiger partial charge in [-0.25, -0.2) is 9.78 Å². The van der Waals surface area contributed by atoms with E-state index in [1.165, 1.54) is 11.1 Å². The summed E-state index contributed by atoms with van der Waals surface area (Å²) in [4.78, 5) is 18.4. The fourth-order valence-corrected chi connectivity index (χ4v) is 4.09. The first-order chi connectivity index (χ1) is 12.3. The Labute approximate surface area is 148 Å². The number of nitrogens with one attached hydrogen (secondary N) is 1. The Kier molecular flexibility index (Phi) is 4.68. The lowest BCUT2D eigenvalue weighted by atomic mass is 9.97. The van der Waals surface area contributed by atoms with Crippen molar-refractivity contribution >= 4 is 6.03 Å². The zero-order valence-electron chi connectivity index (χ0n) is 14.5. The van der Waals surface area contributed by atoms with Gasteiger partial charge in [0.05, 0.1) is 0 Å². The molecule has 1 unspecified atom stereocenters. The SMILES string of the molecule is O=C(NCC1CCc2ccccc21)N1CCC(Cn2cncn2)CC1. The number of benzene rings is 1. The van der Waals surface area contributed by atoms with Crippen LogP contribution in [0.15, 0.2) is 36.9 Å². The Bertz CT molecular complexity index is 706. The molecule has 1 aliphatic carbocycles. The molecule has 1 saturated heterocycles. The number of nitrogens with zero attached hydrogens (tertiary/aromatic N) is 4. The number of amides is 2. The van der Waals surface area contributed by atoms with Crippen LogP contribution >= 0.6 is 0 Å². The molecule has 4 rings (SSSR count). The van der Waals surface area contributed by atoms with Gasteiger partial charge in [0.15, 0.2) is 0 Å². The van der Waals surface area contributed by atoms with Crippen LogP contribution in [0.3, 0.4) is 0 Å². The van der Waals surface area contributed by atoms with Crippen molar-refractivity contribution in [3.8, 4) is 0 Å². The molecular formula is C19H25N5O. The number of urea groups is 1. The molecule has 2 heterocycles. The summed E-state index contributed by atoms with van der Waals surface area (Å²) in [5.74, 6) is 1.04. The van der Waals surface area contributed by atoms with Gasteiger partial charge in [0.2, 0.25) is 0 Å². The van der Waals surface area contributed by atoms with Crippen LogP contribution in [0.4, 0.5) is 4.79 Å². The minimum atomic E-state index is 0.0867. The van der Waals surface area contributed by atoms with Gasteiger partial charge in [0.25, 0.3) is 0 Å². The standard InChI is InChI=1S/C19H25N5O/c25-19(21-11-17-6-5-16-3-1-2-4-18(16)17)23-9-7-15(8-10-23)12-24-14-20-13-22-24/h1-4,13-15,17H,5-12H2,(H,21,25). The molecule has 6 nitrogen and oxygen atoms in total. The van der Waals surface area contributed by atoms with Crippen molar-refractivity contribution in [3.05, 3.63) is 48.0 Å². The third-order valence-electron chi connectivity index (χ3n) is 5.57. The molecule has 1 atom stereocenters. The molecule has 0 bridgehead atoms. The van der Waals surface area contributed by atoms with Crippen molar-refractivity contribution in [2.75, 3.05) is 19.6 Å². The topological polar surface area (TPSA) is 63.1 Å². The van der Waals surface area contributed by atoms with Gasteiger partial charge in [-0.15, -0.1) is 0 Å². The molecule has 1 N–H and O–H groups in total. The highest BCUT2D eigenvalue weighted by Crippen LogP contribution is 2.32. The molecule has 0 radical (unpaired) electrons. The van der Waals surface area contributed by atoms with E-state index in [2.05, 4.69) is 39.7 Å². The van der Waals surface area contributed by atoms with Crippen LogP contribution < -0.4 is 5.32 Å². The molecule has 2 aliphatic rings. The van der Waals surface area contributed by atoms with Crippen molar-refractivity contribution in [2.45, 2.75) is 38.1 Å². The van der Waals surface area contributed by atoms with Gasteiger partial charge in [-0.05, 0) is 42.7 Å². The van der Waals surface area contributed by atoms with Gasteiger partial charge in [0.1, 0.15) is 12.7 Å². The Hall–Kier alpha value is -2.37. The van der Waals surface area contributed by atoms with E-state index in [0.717, 1.165) is 51.9 Å². The van der Waals surface area contributed by atoms with E-state index in [1.54, 1.807) is 12.7 Å². The number of fused-ring (bicyclic) bond motifs is 1. The average Bonchev–Trinajstić information content (AvgIpc) is 3.30. The molecule has 0 spiro atoms. The van der Waals surface area contributed by atoms with Crippen molar-refractivity contribution in [3.63, 3.8) is 0 Å². The number of hydrogen-bond acceptors (Lipinski definition) is 3. The van der Waals surface area contributed by atoms with E-state index in [1.807, 2.05) is 9.58 Å². The maximum absolute atomic E-state index is 12.5. The summed E-state index contributed by atoms with van der Waals surface area (Å²) in [5, 5.41) is 7.32. The van der Waals surface area contributed by atoms with Crippen LogP contribution in [0.5, 0.6) is 0 Å². The summed E-state index contributed by atoms with van der Waals surface area (Å²) in [6.07, 6.45) is 7.66. The molecule has 1 aliphatic heterocycles. The van der Waals surface area contributed by atoms with Gasteiger partial charge in [0, 0.05) is 32.1 Å². The minimum Gasteiger partial charge on any atom is -0.337 e. The van der Waals surface area contributed by atoms with Gasteiger partial charge in [-0.2, -0.15) is 5.10 Å². The zero-order chi connectivity index (χ0) is 17.1. The van der Waals surface area contributed by atoms with E-state index in [-0.39, 0.29) is 6.03 Å². The number of carbonyl (C=O) groups excluding carboxylic acids is 1. The lowest BCUT2D eigenvalue weighted by Gasteiger charge is -2.32. The van der Waals surface area contributed by atoms with Crippen molar-refractivity contribution in [2.24, 2.45) is 5.92 Å². The van der Waals surface area contributed by atoms with Gasteiger partial charge < -0.3 is 10.2 Å². The maximum Gasteiger partial charge on any atom is 0.317 e. The number of aromatic nitrogens is 3. The molecule has 6 heteroatoms. The zero-order valence-corrected chi connectivity index (χ0v) is 14.5. The smallest absolute Gasteiger partial charge is 0.317 e. The largest absolute Gasteiger partial charge is 0.337 e. The normalized spacial score (nSPS) is 20.5. The summed E-state index contributed by atoms with van der Waals surface area (Å²) >= 11 is 0. The second-order valence-corrected chi connectivity index (χ2v) is 7.17. The summed E-state index contributed by atoms with van der Waals surface area (Å²) in [6, 6.07) is 8.69. The fraction of sp³-hybridized carbons (Fsp3) is 0.526. The molecule has 2 aromatic rings. The monoisotopic (exact) mass is 339 g/mol. The summed E-state index contributed by atoms with van der Waals surface area (Å²) in [6.45, 7) is 3.29. The molecule has 1 fully saturated rings. The molecule has 25 heavy (non-hydrogen) atoms. The van der Waals surface area contributed by atoms with E-state index in [0.29, 0.717) is 11.8 Å². The molecule has 2 amide bonds. The van der Waals surface area contributed by atoms with Crippen LogP contribution in [0, 0.1) is 5.92 Å². The van der Waals surface area contributed by atoms with Gasteiger partial charge in [-0.3, -0.25) is 4.68 Å². The first-order valence-electron chi connectivity index (χ1n) is 9.22. The second kappa shape index (κ2) is 7.25. The molecular weight excluding hydrogens is 314 g/mol. The Morgan fingerprint density at radius 3 is 2.84 bits per heavy atom. The van der Waals surface area contributed by atoms with E-state index in [9.17, 15) is 4.79 Å². The lowest BCUT2D eigenvalue weighted by Crippen LogP contribution is -2.45. The Balaban J connectivity index is 1.23. The summed E-state index contributed by atoms with van der Waals surface area (Å²) < 4.78 is 1.89. The number of hydrogen-bond donors (Lipinski definition) is 1. The van der Waals surface area contributed by atoms with Crippen molar-refractivity contribution < 1.29 is 4.79 Å². The molecule has 1 aromatic carbocycles. The van der Waals surface area contributed by atoms with E-state index in [4.69, 9.17) is 0 Å².